The van der Waals surface area contributed by atoms with Crippen molar-refractivity contribution in [1.29, 1.82) is 0 Å². The van der Waals surface area contributed by atoms with Crippen LogP contribution < -0.4 is 10.6 Å². The van der Waals surface area contributed by atoms with Crippen molar-refractivity contribution in [3.63, 3.8) is 0 Å². The molecule has 1 heterocycles. The molecule has 0 spiro atoms. The van der Waals surface area contributed by atoms with E-state index in [4.69, 9.17) is 9.47 Å². The standard InChI is InChI=1S/C27H30N2O6/c30-25(29-24(26(31)32)16-6-5-7-16)23-13-12-17(35-23)14-28-27(33)34-15-22-20-10-3-1-8-18(20)19-9-2-4-11-21(19)22/h1-4,8-11,16-17,22-24H,5-7,12-15H2,(H,28,33)(H,29,30)(H,31,32). The zero-order valence-electron chi connectivity index (χ0n) is 19.4. The van der Waals surface area contributed by atoms with Crippen LogP contribution in [-0.2, 0) is 19.1 Å². The summed E-state index contributed by atoms with van der Waals surface area (Å²) in [6, 6.07) is 15.5. The lowest BCUT2D eigenvalue weighted by Gasteiger charge is -2.32. The highest BCUT2D eigenvalue weighted by Gasteiger charge is 2.38. The van der Waals surface area contributed by atoms with Gasteiger partial charge >= 0.3 is 12.1 Å². The number of carboxylic acid groups (broad SMARTS) is 1. The van der Waals surface area contributed by atoms with Crippen molar-refractivity contribution in [1.82, 2.24) is 10.6 Å². The largest absolute Gasteiger partial charge is 0.480 e. The lowest BCUT2D eigenvalue weighted by Crippen LogP contribution is -2.51. The van der Waals surface area contributed by atoms with E-state index in [9.17, 15) is 19.5 Å². The number of hydrogen-bond acceptors (Lipinski definition) is 5. The molecular weight excluding hydrogens is 448 g/mol. The molecular formula is C27H30N2O6. The molecule has 1 saturated heterocycles. The van der Waals surface area contributed by atoms with Gasteiger partial charge in [0.2, 0.25) is 5.91 Å². The average Bonchev–Trinajstić information content (AvgIpc) is 3.43. The predicted molar refractivity (Wildman–Crippen MR) is 128 cm³/mol. The summed E-state index contributed by atoms with van der Waals surface area (Å²) >= 11 is 0. The topological polar surface area (TPSA) is 114 Å². The van der Waals surface area contributed by atoms with E-state index in [2.05, 4.69) is 34.9 Å². The second-order valence-electron chi connectivity index (χ2n) is 9.55. The normalized spacial score (nSPS) is 21.9. The fourth-order valence-electron chi connectivity index (χ4n) is 5.30. The molecule has 0 bridgehead atoms. The Hall–Kier alpha value is -3.39. The van der Waals surface area contributed by atoms with Crippen molar-refractivity contribution in [2.24, 2.45) is 5.92 Å². The Morgan fingerprint density at radius 2 is 1.63 bits per heavy atom. The molecule has 2 aromatic carbocycles. The molecule has 184 valence electrons. The molecule has 2 fully saturated rings. The van der Waals surface area contributed by atoms with Crippen LogP contribution in [0, 0.1) is 5.92 Å². The second kappa shape index (κ2) is 10.1. The zero-order valence-corrected chi connectivity index (χ0v) is 19.4. The van der Waals surface area contributed by atoms with Gasteiger partial charge in [-0.2, -0.15) is 0 Å². The molecule has 2 aliphatic carbocycles. The highest BCUT2D eigenvalue weighted by atomic mass is 16.5. The molecule has 3 aliphatic rings. The van der Waals surface area contributed by atoms with Crippen LogP contribution in [0.3, 0.4) is 0 Å². The number of carboxylic acids is 1. The van der Waals surface area contributed by atoms with E-state index in [1.165, 1.54) is 11.1 Å². The Morgan fingerprint density at radius 3 is 2.23 bits per heavy atom. The van der Waals surface area contributed by atoms with Crippen molar-refractivity contribution in [3.8, 4) is 11.1 Å². The predicted octanol–water partition coefficient (Wildman–Crippen LogP) is 3.44. The van der Waals surface area contributed by atoms with Crippen LogP contribution in [0.4, 0.5) is 4.79 Å². The van der Waals surface area contributed by atoms with Gasteiger partial charge in [0.05, 0.1) is 6.10 Å². The van der Waals surface area contributed by atoms with Crippen molar-refractivity contribution in [2.45, 2.75) is 56.3 Å². The molecule has 1 aliphatic heterocycles. The molecule has 3 unspecified atom stereocenters. The number of aliphatic carboxylic acids is 1. The van der Waals surface area contributed by atoms with Gasteiger partial charge in [0, 0.05) is 12.5 Å². The summed E-state index contributed by atoms with van der Waals surface area (Å²) in [7, 11) is 0. The number of nitrogens with one attached hydrogen (secondary N) is 2. The van der Waals surface area contributed by atoms with Gasteiger partial charge < -0.3 is 25.2 Å². The zero-order chi connectivity index (χ0) is 24.4. The summed E-state index contributed by atoms with van der Waals surface area (Å²) in [4.78, 5) is 36.4. The Morgan fingerprint density at radius 1 is 0.971 bits per heavy atom. The molecule has 1 saturated carbocycles. The molecule has 3 atom stereocenters. The first-order chi connectivity index (χ1) is 17.0. The first kappa shape index (κ1) is 23.4. The first-order valence-corrected chi connectivity index (χ1v) is 12.3. The quantitative estimate of drug-likeness (QED) is 0.536. The summed E-state index contributed by atoms with van der Waals surface area (Å²) in [6.45, 7) is 0.458. The SMILES string of the molecule is O=C(NCC1CCC(C(=O)NC(C(=O)O)C2CCC2)O1)OCC1c2ccccc2-c2ccccc21. The summed E-state index contributed by atoms with van der Waals surface area (Å²) in [5.41, 5.74) is 4.64. The minimum absolute atomic E-state index is 0.0103. The van der Waals surface area contributed by atoms with Gasteiger partial charge in [-0.1, -0.05) is 55.0 Å². The smallest absolute Gasteiger partial charge is 0.407 e. The van der Waals surface area contributed by atoms with Crippen LogP contribution in [-0.4, -0.2) is 54.5 Å². The fourth-order valence-corrected chi connectivity index (χ4v) is 5.30. The summed E-state index contributed by atoms with van der Waals surface area (Å²) in [5.74, 6) is -1.42. The van der Waals surface area contributed by atoms with Gasteiger partial charge in [-0.3, -0.25) is 4.79 Å². The lowest BCUT2D eigenvalue weighted by molar-refractivity contribution is -0.146. The molecule has 0 aromatic heterocycles. The number of ether oxygens (including phenoxy) is 2. The average molecular weight is 479 g/mol. The van der Waals surface area contributed by atoms with Crippen LogP contribution in [0.15, 0.2) is 48.5 Å². The molecule has 8 heteroatoms. The van der Waals surface area contributed by atoms with Crippen LogP contribution in [0.25, 0.3) is 11.1 Å². The number of rotatable bonds is 8. The van der Waals surface area contributed by atoms with E-state index in [-0.39, 0.29) is 31.1 Å². The number of fused-ring (bicyclic) bond motifs is 3. The van der Waals surface area contributed by atoms with E-state index in [1.54, 1.807) is 0 Å². The van der Waals surface area contributed by atoms with Gasteiger partial charge in [-0.15, -0.1) is 0 Å². The summed E-state index contributed by atoms with van der Waals surface area (Å²) in [6.07, 6.45) is 2.16. The van der Waals surface area contributed by atoms with Crippen LogP contribution in [0.1, 0.15) is 49.1 Å². The third kappa shape index (κ3) is 4.89. The maximum atomic E-state index is 12.5. The third-order valence-corrected chi connectivity index (χ3v) is 7.40. The number of amides is 2. The summed E-state index contributed by atoms with van der Waals surface area (Å²) in [5, 5.41) is 14.8. The number of carbonyl (C=O) groups excluding carboxylic acids is 2. The van der Waals surface area contributed by atoms with Crippen molar-refractivity contribution >= 4 is 18.0 Å². The Balaban J connectivity index is 1.08. The minimum atomic E-state index is -1.01. The maximum Gasteiger partial charge on any atom is 0.407 e. The highest BCUT2D eigenvalue weighted by molar-refractivity contribution is 5.86. The third-order valence-electron chi connectivity index (χ3n) is 7.40. The van der Waals surface area contributed by atoms with Gasteiger partial charge in [0.25, 0.3) is 0 Å². The molecule has 0 radical (unpaired) electrons. The molecule has 2 amide bonds. The molecule has 8 nitrogen and oxygen atoms in total. The monoisotopic (exact) mass is 478 g/mol. The number of benzene rings is 2. The number of carbonyl (C=O) groups is 3. The van der Waals surface area contributed by atoms with Crippen LogP contribution in [0.2, 0.25) is 0 Å². The van der Waals surface area contributed by atoms with E-state index in [1.807, 2.05) is 24.3 Å². The van der Waals surface area contributed by atoms with E-state index < -0.39 is 30.1 Å². The highest BCUT2D eigenvalue weighted by Crippen LogP contribution is 2.44. The van der Waals surface area contributed by atoms with Crippen molar-refractivity contribution in [3.05, 3.63) is 59.7 Å². The van der Waals surface area contributed by atoms with Gasteiger partial charge in [0.15, 0.2) is 0 Å². The lowest BCUT2D eigenvalue weighted by atomic mass is 9.79. The van der Waals surface area contributed by atoms with E-state index in [0.29, 0.717) is 12.8 Å². The molecule has 2 aromatic rings. The molecule has 5 rings (SSSR count). The Labute approximate surface area is 204 Å². The van der Waals surface area contributed by atoms with Crippen molar-refractivity contribution < 1.29 is 29.0 Å². The van der Waals surface area contributed by atoms with Crippen LogP contribution in [0.5, 0.6) is 0 Å². The minimum Gasteiger partial charge on any atom is -0.480 e. The molecule has 3 N–H and O–H groups in total. The van der Waals surface area contributed by atoms with E-state index in [0.717, 1.165) is 30.4 Å². The van der Waals surface area contributed by atoms with Gasteiger partial charge in [0.1, 0.15) is 18.8 Å². The summed E-state index contributed by atoms with van der Waals surface area (Å²) < 4.78 is 11.3. The van der Waals surface area contributed by atoms with E-state index >= 15 is 0 Å². The maximum absolute atomic E-state index is 12.5. The Bertz CT molecular complexity index is 1070. The Kier molecular flexibility index (Phi) is 6.72. The number of hydrogen-bond donors (Lipinski definition) is 3. The molecule has 35 heavy (non-hydrogen) atoms. The van der Waals surface area contributed by atoms with Gasteiger partial charge in [-0.25, -0.2) is 9.59 Å². The fraction of sp³-hybridized carbons (Fsp3) is 0.444. The van der Waals surface area contributed by atoms with Gasteiger partial charge in [-0.05, 0) is 53.9 Å². The van der Waals surface area contributed by atoms with Crippen LogP contribution >= 0.6 is 0 Å². The first-order valence-electron chi connectivity index (χ1n) is 12.3. The van der Waals surface area contributed by atoms with Crippen molar-refractivity contribution in [2.75, 3.05) is 13.2 Å². The second-order valence-corrected chi connectivity index (χ2v) is 9.55. The number of alkyl carbamates (subject to hydrolysis) is 1.